The Bertz CT molecular complexity index is 608. The number of fused-ring (bicyclic) bond motifs is 1. The van der Waals surface area contributed by atoms with Gasteiger partial charge in [0.1, 0.15) is 5.82 Å². The van der Waals surface area contributed by atoms with Crippen molar-refractivity contribution in [3.63, 3.8) is 0 Å². The average molecular weight is 283 g/mol. The zero-order chi connectivity index (χ0) is 14.7. The Labute approximate surface area is 126 Å². The van der Waals surface area contributed by atoms with Crippen LogP contribution in [0, 0.1) is 5.82 Å². The summed E-state index contributed by atoms with van der Waals surface area (Å²) in [6, 6.07) is 15.8. The molecule has 0 aromatic heterocycles. The molecule has 1 aliphatic rings. The third kappa shape index (κ3) is 2.86. The molecule has 110 valence electrons. The predicted molar refractivity (Wildman–Crippen MR) is 84.9 cm³/mol. The van der Waals surface area contributed by atoms with Crippen LogP contribution in [-0.4, -0.2) is 6.54 Å². The van der Waals surface area contributed by atoms with E-state index >= 15 is 0 Å². The van der Waals surface area contributed by atoms with Crippen LogP contribution in [0.5, 0.6) is 0 Å². The largest absolute Gasteiger partial charge is 0.309 e. The molecule has 0 amide bonds. The van der Waals surface area contributed by atoms with Gasteiger partial charge in [0.25, 0.3) is 0 Å². The average Bonchev–Trinajstić information content (AvgIpc) is 2.93. The summed E-state index contributed by atoms with van der Waals surface area (Å²) in [6.45, 7) is 3.06. The van der Waals surface area contributed by atoms with Gasteiger partial charge < -0.3 is 5.32 Å². The SMILES string of the molecule is CCCNC(c1ccccc1F)C1CCc2ccccc21. The summed E-state index contributed by atoms with van der Waals surface area (Å²) in [5.74, 6) is 0.264. The Morgan fingerprint density at radius 3 is 2.71 bits per heavy atom. The van der Waals surface area contributed by atoms with Crippen molar-refractivity contribution in [3.05, 3.63) is 71.0 Å². The Morgan fingerprint density at radius 2 is 1.90 bits per heavy atom. The van der Waals surface area contributed by atoms with Crippen molar-refractivity contribution >= 4 is 0 Å². The van der Waals surface area contributed by atoms with Gasteiger partial charge in [-0.05, 0) is 43.0 Å². The lowest BCUT2D eigenvalue weighted by Crippen LogP contribution is -2.27. The normalized spacial score (nSPS) is 18.5. The van der Waals surface area contributed by atoms with E-state index in [2.05, 4.69) is 36.5 Å². The maximum atomic E-state index is 14.3. The first-order valence-corrected chi connectivity index (χ1v) is 7.87. The third-order valence-electron chi connectivity index (χ3n) is 4.44. The van der Waals surface area contributed by atoms with Crippen LogP contribution in [0.3, 0.4) is 0 Å². The Kier molecular flexibility index (Phi) is 4.35. The van der Waals surface area contributed by atoms with E-state index in [9.17, 15) is 4.39 Å². The molecule has 1 nitrogen and oxygen atoms in total. The van der Waals surface area contributed by atoms with Gasteiger partial charge in [-0.25, -0.2) is 4.39 Å². The van der Waals surface area contributed by atoms with Crippen molar-refractivity contribution in [2.45, 2.75) is 38.1 Å². The molecule has 0 aliphatic heterocycles. The molecule has 21 heavy (non-hydrogen) atoms. The van der Waals surface area contributed by atoms with Crippen molar-refractivity contribution in [1.82, 2.24) is 5.32 Å². The van der Waals surface area contributed by atoms with Gasteiger partial charge >= 0.3 is 0 Å². The molecule has 0 bridgehead atoms. The Balaban J connectivity index is 1.96. The van der Waals surface area contributed by atoms with Gasteiger partial charge in [-0.2, -0.15) is 0 Å². The van der Waals surface area contributed by atoms with E-state index in [1.807, 2.05) is 12.1 Å². The fourth-order valence-electron chi connectivity index (χ4n) is 3.43. The zero-order valence-electron chi connectivity index (χ0n) is 12.5. The van der Waals surface area contributed by atoms with Crippen LogP contribution in [0.4, 0.5) is 4.39 Å². The second-order valence-corrected chi connectivity index (χ2v) is 5.80. The van der Waals surface area contributed by atoms with Crippen molar-refractivity contribution in [3.8, 4) is 0 Å². The molecule has 3 rings (SSSR count). The van der Waals surface area contributed by atoms with E-state index in [1.165, 1.54) is 11.1 Å². The van der Waals surface area contributed by atoms with Crippen LogP contribution >= 0.6 is 0 Å². The van der Waals surface area contributed by atoms with Crippen LogP contribution in [0.1, 0.15) is 48.4 Å². The molecule has 0 fully saturated rings. The summed E-state index contributed by atoms with van der Waals surface area (Å²) >= 11 is 0. The Hall–Kier alpha value is -1.67. The highest BCUT2D eigenvalue weighted by molar-refractivity contribution is 5.38. The van der Waals surface area contributed by atoms with Crippen LogP contribution in [0.2, 0.25) is 0 Å². The quantitative estimate of drug-likeness (QED) is 0.846. The number of benzene rings is 2. The maximum Gasteiger partial charge on any atom is 0.128 e. The summed E-state index contributed by atoms with van der Waals surface area (Å²) in [5.41, 5.74) is 3.60. The Morgan fingerprint density at radius 1 is 1.14 bits per heavy atom. The van der Waals surface area contributed by atoms with Gasteiger partial charge in [0.2, 0.25) is 0 Å². The minimum Gasteiger partial charge on any atom is -0.309 e. The molecule has 0 saturated heterocycles. The number of nitrogens with one attached hydrogen (secondary N) is 1. The smallest absolute Gasteiger partial charge is 0.128 e. The summed E-state index contributed by atoms with van der Waals surface area (Å²) in [6.07, 6.45) is 3.24. The highest BCUT2D eigenvalue weighted by atomic mass is 19.1. The maximum absolute atomic E-state index is 14.3. The number of aryl methyl sites for hydroxylation is 1. The topological polar surface area (TPSA) is 12.0 Å². The highest BCUT2D eigenvalue weighted by Crippen LogP contribution is 2.42. The summed E-state index contributed by atoms with van der Waals surface area (Å²) < 4.78 is 14.3. The fourth-order valence-corrected chi connectivity index (χ4v) is 3.43. The number of hydrogen-bond acceptors (Lipinski definition) is 1. The van der Waals surface area contributed by atoms with Crippen molar-refractivity contribution < 1.29 is 4.39 Å². The first-order chi connectivity index (χ1) is 10.3. The molecule has 1 N–H and O–H groups in total. The van der Waals surface area contributed by atoms with Gasteiger partial charge in [-0.3, -0.25) is 0 Å². The molecule has 2 atom stereocenters. The molecule has 1 aliphatic carbocycles. The standard InChI is InChI=1S/C19H22FN/c1-2-13-21-19(17-9-5-6-10-18(17)20)16-12-11-14-7-3-4-8-15(14)16/h3-10,16,19,21H,2,11-13H2,1H3. The summed E-state index contributed by atoms with van der Waals surface area (Å²) in [5, 5.41) is 3.57. The van der Waals surface area contributed by atoms with E-state index in [0.29, 0.717) is 5.92 Å². The highest BCUT2D eigenvalue weighted by Gasteiger charge is 2.31. The van der Waals surface area contributed by atoms with E-state index < -0.39 is 0 Å². The van der Waals surface area contributed by atoms with Crippen LogP contribution < -0.4 is 5.32 Å². The molecular formula is C19H22FN. The molecule has 0 spiro atoms. The van der Waals surface area contributed by atoms with Crippen LogP contribution in [-0.2, 0) is 6.42 Å². The van der Waals surface area contributed by atoms with E-state index in [0.717, 1.165) is 31.4 Å². The lowest BCUT2D eigenvalue weighted by atomic mass is 9.88. The first-order valence-electron chi connectivity index (χ1n) is 7.87. The number of rotatable bonds is 5. The lowest BCUT2D eigenvalue weighted by Gasteiger charge is -2.26. The zero-order valence-corrected chi connectivity index (χ0v) is 12.5. The molecule has 0 radical (unpaired) electrons. The summed E-state index contributed by atoms with van der Waals surface area (Å²) in [7, 11) is 0. The number of halogens is 1. The molecule has 2 aromatic carbocycles. The van der Waals surface area contributed by atoms with Gasteiger partial charge in [0.05, 0.1) is 0 Å². The molecule has 2 heteroatoms. The second-order valence-electron chi connectivity index (χ2n) is 5.80. The third-order valence-corrected chi connectivity index (χ3v) is 4.44. The molecule has 0 saturated carbocycles. The van der Waals surface area contributed by atoms with Gasteiger partial charge in [-0.15, -0.1) is 0 Å². The lowest BCUT2D eigenvalue weighted by molar-refractivity contribution is 0.425. The number of hydrogen-bond donors (Lipinski definition) is 1. The minimum atomic E-state index is -0.101. The molecule has 2 unspecified atom stereocenters. The van der Waals surface area contributed by atoms with E-state index in [4.69, 9.17) is 0 Å². The van der Waals surface area contributed by atoms with Gasteiger partial charge in [0, 0.05) is 17.5 Å². The van der Waals surface area contributed by atoms with E-state index in [-0.39, 0.29) is 11.9 Å². The molecular weight excluding hydrogens is 261 g/mol. The minimum absolute atomic E-state index is 0.0646. The van der Waals surface area contributed by atoms with Crippen LogP contribution in [0.15, 0.2) is 48.5 Å². The van der Waals surface area contributed by atoms with Crippen molar-refractivity contribution in [2.75, 3.05) is 6.54 Å². The second kappa shape index (κ2) is 6.40. The van der Waals surface area contributed by atoms with Crippen LogP contribution in [0.25, 0.3) is 0 Å². The first kappa shape index (κ1) is 14.3. The molecule has 2 aromatic rings. The van der Waals surface area contributed by atoms with Crippen molar-refractivity contribution in [2.24, 2.45) is 0 Å². The van der Waals surface area contributed by atoms with E-state index in [1.54, 1.807) is 12.1 Å². The fraction of sp³-hybridized carbons (Fsp3) is 0.368. The van der Waals surface area contributed by atoms with Crippen molar-refractivity contribution in [1.29, 1.82) is 0 Å². The predicted octanol–water partition coefficient (Wildman–Crippen LogP) is 4.60. The monoisotopic (exact) mass is 283 g/mol. The van der Waals surface area contributed by atoms with Gasteiger partial charge in [-0.1, -0.05) is 49.4 Å². The summed E-state index contributed by atoms with van der Waals surface area (Å²) in [4.78, 5) is 0. The molecule has 0 heterocycles. The van der Waals surface area contributed by atoms with Gasteiger partial charge in [0.15, 0.2) is 0 Å².